The predicted octanol–water partition coefficient (Wildman–Crippen LogP) is 2.62. The largest absolute Gasteiger partial charge is 0.355 e. The van der Waals surface area contributed by atoms with Crippen LogP contribution in [0.15, 0.2) is 18.3 Å². The summed E-state index contributed by atoms with van der Waals surface area (Å²) < 4.78 is 2.11. The summed E-state index contributed by atoms with van der Waals surface area (Å²) in [5.74, 6) is 1.80. The van der Waals surface area contributed by atoms with Crippen molar-refractivity contribution in [2.75, 3.05) is 64.8 Å². The summed E-state index contributed by atoms with van der Waals surface area (Å²) >= 11 is 0. The predicted molar refractivity (Wildman–Crippen MR) is 133 cm³/mol. The maximum atomic E-state index is 13.3. The first-order valence-corrected chi connectivity index (χ1v) is 12.2. The molecule has 33 heavy (non-hydrogen) atoms. The van der Waals surface area contributed by atoms with Gasteiger partial charge in [-0.05, 0) is 45.0 Å². The maximum absolute atomic E-state index is 13.3. The highest BCUT2D eigenvalue weighted by molar-refractivity contribution is 5.94. The zero-order chi connectivity index (χ0) is 24.1. The van der Waals surface area contributed by atoms with Gasteiger partial charge in [0.1, 0.15) is 11.5 Å². The van der Waals surface area contributed by atoms with Gasteiger partial charge in [0, 0.05) is 58.9 Å². The number of piperazine rings is 1. The van der Waals surface area contributed by atoms with E-state index in [0.29, 0.717) is 37.7 Å². The van der Waals surface area contributed by atoms with Crippen molar-refractivity contribution in [3.8, 4) is 0 Å². The van der Waals surface area contributed by atoms with Gasteiger partial charge in [0.2, 0.25) is 5.91 Å². The molecule has 0 radical (unpaired) electrons. The quantitative estimate of drug-likeness (QED) is 0.580. The Hall–Kier alpha value is -2.61. The number of fused-ring (bicyclic) bond motifs is 1. The smallest absolute Gasteiger partial charge is 0.255 e. The first kappa shape index (κ1) is 25.0. The highest BCUT2D eigenvalue weighted by Gasteiger charge is 2.25. The average molecular weight is 457 g/mol. The number of rotatable bonds is 9. The van der Waals surface area contributed by atoms with Crippen LogP contribution in [0.5, 0.6) is 0 Å². The molecule has 1 saturated heterocycles. The summed E-state index contributed by atoms with van der Waals surface area (Å²) in [4.78, 5) is 38.1. The third-order valence-corrected chi connectivity index (χ3v) is 6.35. The summed E-state index contributed by atoms with van der Waals surface area (Å²) in [7, 11) is 4.19. The number of hydrogen-bond donors (Lipinski definition) is 0. The molecule has 8 heteroatoms. The van der Waals surface area contributed by atoms with Gasteiger partial charge >= 0.3 is 0 Å². The Morgan fingerprint density at radius 3 is 2.27 bits per heavy atom. The topological polar surface area (TPSA) is 64.4 Å². The molecule has 0 atom stereocenters. The second-order valence-electron chi connectivity index (χ2n) is 9.65. The summed E-state index contributed by atoms with van der Waals surface area (Å²) in [6.07, 6.45) is 3.89. The Kier molecular flexibility index (Phi) is 8.35. The third kappa shape index (κ3) is 6.05. The van der Waals surface area contributed by atoms with Crippen molar-refractivity contribution >= 4 is 23.3 Å². The van der Waals surface area contributed by atoms with Gasteiger partial charge in [-0.1, -0.05) is 20.8 Å². The minimum absolute atomic E-state index is 0.0137. The Balaban J connectivity index is 1.91. The number of likely N-dealkylation sites (N-methyl/N-ethyl adjacent to an activating group) is 1. The first-order valence-electron chi connectivity index (χ1n) is 12.2. The maximum Gasteiger partial charge on any atom is 0.255 e. The van der Waals surface area contributed by atoms with Gasteiger partial charge in [0.05, 0.1) is 11.3 Å². The van der Waals surface area contributed by atoms with Crippen LogP contribution in [-0.4, -0.2) is 95.8 Å². The van der Waals surface area contributed by atoms with E-state index in [0.717, 1.165) is 49.6 Å². The van der Waals surface area contributed by atoms with Crippen molar-refractivity contribution in [3.63, 3.8) is 0 Å². The number of amides is 2. The lowest BCUT2D eigenvalue weighted by molar-refractivity contribution is -0.130. The van der Waals surface area contributed by atoms with E-state index in [1.807, 2.05) is 23.2 Å². The van der Waals surface area contributed by atoms with Crippen LogP contribution in [0.1, 0.15) is 50.2 Å². The van der Waals surface area contributed by atoms with E-state index < -0.39 is 0 Å². The molecule has 1 aliphatic rings. The van der Waals surface area contributed by atoms with Gasteiger partial charge in [-0.2, -0.15) is 0 Å². The third-order valence-electron chi connectivity index (χ3n) is 6.35. The molecule has 0 spiro atoms. The van der Waals surface area contributed by atoms with E-state index in [1.165, 1.54) is 0 Å². The molecule has 182 valence electrons. The number of anilines is 1. The summed E-state index contributed by atoms with van der Waals surface area (Å²) in [6, 6.07) is 3.83. The van der Waals surface area contributed by atoms with Crippen molar-refractivity contribution in [3.05, 3.63) is 29.6 Å². The number of hydrogen-bond acceptors (Lipinski definition) is 5. The van der Waals surface area contributed by atoms with E-state index in [-0.39, 0.29) is 11.8 Å². The van der Waals surface area contributed by atoms with E-state index >= 15 is 0 Å². The van der Waals surface area contributed by atoms with E-state index in [2.05, 4.69) is 49.1 Å². The normalized spacial score (nSPS) is 14.5. The van der Waals surface area contributed by atoms with E-state index in [9.17, 15) is 9.59 Å². The van der Waals surface area contributed by atoms with Gasteiger partial charge < -0.3 is 19.6 Å². The van der Waals surface area contributed by atoms with Crippen LogP contribution in [-0.2, 0) is 11.2 Å². The highest BCUT2D eigenvalue weighted by atomic mass is 16.2. The summed E-state index contributed by atoms with van der Waals surface area (Å²) in [5.41, 5.74) is 2.60. The zero-order valence-electron chi connectivity index (χ0n) is 21.2. The van der Waals surface area contributed by atoms with Crippen LogP contribution in [0.4, 0.5) is 5.82 Å². The molecule has 1 aliphatic heterocycles. The number of pyridine rings is 1. The monoisotopic (exact) mass is 456 g/mol. The highest BCUT2D eigenvalue weighted by Crippen LogP contribution is 2.25. The van der Waals surface area contributed by atoms with Crippen molar-refractivity contribution in [1.82, 2.24) is 24.1 Å². The second-order valence-corrected chi connectivity index (χ2v) is 9.65. The second kappa shape index (κ2) is 11.0. The van der Waals surface area contributed by atoms with Crippen molar-refractivity contribution in [2.45, 2.75) is 40.5 Å². The van der Waals surface area contributed by atoms with Crippen LogP contribution >= 0.6 is 0 Å². The molecule has 1 fully saturated rings. The average Bonchev–Trinajstić information content (AvgIpc) is 3.16. The molecule has 3 rings (SSSR count). The molecule has 0 N–H and O–H groups in total. The Bertz CT molecular complexity index is 947. The van der Waals surface area contributed by atoms with Crippen LogP contribution in [0, 0.1) is 5.92 Å². The van der Waals surface area contributed by atoms with Gasteiger partial charge in [-0.3, -0.25) is 14.0 Å². The van der Waals surface area contributed by atoms with E-state index in [4.69, 9.17) is 4.98 Å². The van der Waals surface area contributed by atoms with Gasteiger partial charge in [-0.15, -0.1) is 0 Å². The zero-order valence-corrected chi connectivity index (χ0v) is 21.2. The Morgan fingerprint density at radius 2 is 1.70 bits per heavy atom. The Labute approximate surface area is 198 Å². The lowest BCUT2D eigenvalue weighted by Gasteiger charge is -2.34. The molecule has 2 aromatic rings. The number of carbonyl (C=O) groups is 2. The first-order chi connectivity index (χ1) is 15.7. The van der Waals surface area contributed by atoms with Gasteiger partial charge in [0.25, 0.3) is 5.91 Å². The lowest BCUT2D eigenvalue weighted by atomic mass is 10.1. The summed E-state index contributed by atoms with van der Waals surface area (Å²) in [5, 5.41) is 0. The molecule has 2 amide bonds. The molecule has 0 aromatic carbocycles. The number of carbonyl (C=O) groups excluding carboxylic acids is 2. The lowest BCUT2D eigenvalue weighted by Crippen LogP contribution is -2.50. The SMILES string of the molecule is CCc1nc2ccc(C(=O)N3CCN(C(C)=O)CC3)cn2c1N(CCC(C)C)CCN(C)C. The van der Waals surface area contributed by atoms with Gasteiger partial charge in [0.15, 0.2) is 0 Å². The molecular formula is C25H40N6O2. The number of imidazole rings is 1. The van der Waals surface area contributed by atoms with Crippen LogP contribution in [0.25, 0.3) is 5.65 Å². The van der Waals surface area contributed by atoms with E-state index in [1.54, 1.807) is 11.8 Å². The molecule has 0 aliphatic carbocycles. The minimum Gasteiger partial charge on any atom is -0.355 e. The summed E-state index contributed by atoms with van der Waals surface area (Å²) in [6.45, 7) is 13.4. The van der Waals surface area contributed by atoms with Gasteiger partial charge in [-0.25, -0.2) is 4.98 Å². The van der Waals surface area contributed by atoms with Crippen molar-refractivity contribution in [1.29, 1.82) is 0 Å². The van der Waals surface area contributed by atoms with Crippen molar-refractivity contribution < 1.29 is 9.59 Å². The molecule has 8 nitrogen and oxygen atoms in total. The van der Waals surface area contributed by atoms with Crippen molar-refractivity contribution in [2.24, 2.45) is 5.92 Å². The fraction of sp³-hybridized carbons (Fsp3) is 0.640. The molecule has 3 heterocycles. The molecule has 0 bridgehead atoms. The number of aryl methyl sites for hydroxylation is 1. The van der Waals surface area contributed by atoms with Crippen LogP contribution < -0.4 is 4.90 Å². The Morgan fingerprint density at radius 1 is 1.03 bits per heavy atom. The number of aromatic nitrogens is 2. The molecule has 0 saturated carbocycles. The number of nitrogens with zero attached hydrogens (tertiary/aromatic N) is 6. The molecule has 2 aromatic heterocycles. The molecular weight excluding hydrogens is 416 g/mol. The van der Waals surface area contributed by atoms with Crippen LogP contribution in [0.2, 0.25) is 0 Å². The fourth-order valence-corrected chi connectivity index (χ4v) is 4.24. The minimum atomic E-state index is 0.0137. The van der Waals surface area contributed by atoms with Crippen LogP contribution in [0.3, 0.4) is 0 Å². The molecule has 0 unspecified atom stereocenters. The fourth-order valence-electron chi connectivity index (χ4n) is 4.24. The standard InChI is InChI=1S/C25H40N6O2/c1-7-22-24(29(11-10-19(2)3)13-12-27(5)6)31-18-21(8-9-23(31)26-22)25(33)30-16-14-28(15-17-30)20(4)32/h8-9,18-19H,7,10-17H2,1-6H3.